The van der Waals surface area contributed by atoms with Gasteiger partial charge in [0, 0.05) is 6.54 Å². The van der Waals surface area contributed by atoms with E-state index in [4.69, 9.17) is 4.74 Å². The molecule has 1 aliphatic rings. The van der Waals surface area contributed by atoms with Crippen LogP contribution in [0.1, 0.15) is 51.7 Å². The number of imidazole rings is 1. The number of anilines is 1. The molecule has 7 nitrogen and oxygen atoms in total. The maximum absolute atomic E-state index is 9.21. The summed E-state index contributed by atoms with van der Waals surface area (Å²) in [7, 11) is 0. The molecule has 2 atom stereocenters. The number of aromatic nitrogens is 4. The SMILES string of the molecule is CCCCCCNc1ncnc2c1ncn2C1CCC(CO)O1. The number of hydrogen-bond acceptors (Lipinski definition) is 6. The van der Waals surface area contributed by atoms with E-state index in [1.54, 1.807) is 12.7 Å². The van der Waals surface area contributed by atoms with Crippen LogP contribution in [0.25, 0.3) is 11.2 Å². The molecule has 0 radical (unpaired) electrons. The summed E-state index contributed by atoms with van der Waals surface area (Å²) >= 11 is 0. The van der Waals surface area contributed by atoms with Gasteiger partial charge in [0.05, 0.1) is 19.0 Å². The zero-order chi connectivity index (χ0) is 16.1. The quantitative estimate of drug-likeness (QED) is 0.727. The van der Waals surface area contributed by atoms with Crippen molar-refractivity contribution in [2.75, 3.05) is 18.5 Å². The van der Waals surface area contributed by atoms with Gasteiger partial charge in [0.25, 0.3) is 0 Å². The van der Waals surface area contributed by atoms with Gasteiger partial charge in [-0.1, -0.05) is 26.2 Å². The molecule has 7 heteroatoms. The smallest absolute Gasteiger partial charge is 0.167 e. The fourth-order valence-corrected chi connectivity index (χ4v) is 2.98. The molecule has 126 valence electrons. The molecule has 0 aliphatic carbocycles. The predicted molar refractivity (Wildman–Crippen MR) is 88.2 cm³/mol. The Morgan fingerprint density at radius 3 is 2.96 bits per heavy atom. The topological polar surface area (TPSA) is 85.1 Å². The van der Waals surface area contributed by atoms with E-state index < -0.39 is 0 Å². The number of fused-ring (bicyclic) bond motifs is 1. The van der Waals surface area contributed by atoms with E-state index in [2.05, 4.69) is 27.2 Å². The molecule has 23 heavy (non-hydrogen) atoms. The van der Waals surface area contributed by atoms with Gasteiger partial charge in [0.15, 0.2) is 17.0 Å². The van der Waals surface area contributed by atoms with Crippen LogP contribution in [0.4, 0.5) is 5.82 Å². The van der Waals surface area contributed by atoms with E-state index in [1.165, 1.54) is 19.3 Å². The van der Waals surface area contributed by atoms with E-state index in [0.717, 1.165) is 42.8 Å². The molecular weight excluding hydrogens is 294 g/mol. The summed E-state index contributed by atoms with van der Waals surface area (Å²) in [5.41, 5.74) is 1.55. The minimum Gasteiger partial charge on any atom is -0.394 e. The lowest BCUT2D eigenvalue weighted by molar-refractivity contribution is -0.0207. The number of aliphatic hydroxyl groups is 1. The molecule has 3 heterocycles. The van der Waals surface area contributed by atoms with Crippen molar-refractivity contribution in [2.45, 2.75) is 57.8 Å². The van der Waals surface area contributed by atoms with Crippen molar-refractivity contribution in [3.05, 3.63) is 12.7 Å². The van der Waals surface area contributed by atoms with Crippen LogP contribution in [0.3, 0.4) is 0 Å². The molecule has 0 bridgehead atoms. The molecule has 2 N–H and O–H groups in total. The second-order valence-corrected chi connectivity index (χ2v) is 6.01. The summed E-state index contributed by atoms with van der Waals surface area (Å²) < 4.78 is 7.76. The Labute approximate surface area is 136 Å². The minimum atomic E-state index is -0.107. The molecular formula is C16H25N5O2. The van der Waals surface area contributed by atoms with E-state index >= 15 is 0 Å². The third-order valence-electron chi connectivity index (χ3n) is 4.28. The predicted octanol–water partition coefficient (Wildman–Crippen LogP) is 2.49. The van der Waals surface area contributed by atoms with Crippen LogP contribution in [0, 0.1) is 0 Å². The van der Waals surface area contributed by atoms with Crippen molar-refractivity contribution in [2.24, 2.45) is 0 Å². The summed E-state index contributed by atoms with van der Waals surface area (Å²) in [6.07, 6.45) is 9.70. The van der Waals surface area contributed by atoms with Crippen LogP contribution in [0.2, 0.25) is 0 Å². The van der Waals surface area contributed by atoms with Crippen molar-refractivity contribution in [3.8, 4) is 0 Å². The van der Waals surface area contributed by atoms with Gasteiger partial charge < -0.3 is 15.2 Å². The van der Waals surface area contributed by atoms with Gasteiger partial charge in [0.2, 0.25) is 0 Å². The van der Waals surface area contributed by atoms with Crippen LogP contribution < -0.4 is 5.32 Å². The first-order valence-corrected chi connectivity index (χ1v) is 8.51. The van der Waals surface area contributed by atoms with Gasteiger partial charge in [0.1, 0.15) is 12.6 Å². The average molecular weight is 319 g/mol. The number of ether oxygens (including phenoxy) is 1. The Bertz CT molecular complexity index is 630. The van der Waals surface area contributed by atoms with Gasteiger partial charge in [-0.2, -0.15) is 0 Å². The summed E-state index contributed by atoms with van der Waals surface area (Å²) in [4.78, 5) is 13.1. The van der Waals surface area contributed by atoms with Crippen LogP contribution in [0.5, 0.6) is 0 Å². The number of nitrogens with zero attached hydrogens (tertiary/aromatic N) is 4. The van der Waals surface area contributed by atoms with E-state index in [1.807, 2.05) is 4.57 Å². The Kier molecular flexibility index (Phi) is 5.40. The lowest BCUT2D eigenvalue weighted by Crippen LogP contribution is -2.14. The number of hydrogen-bond donors (Lipinski definition) is 2. The van der Waals surface area contributed by atoms with Crippen LogP contribution in [-0.2, 0) is 4.74 Å². The molecule has 3 rings (SSSR count). The maximum atomic E-state index is 9.21. The van der Waals surface area contributed by atoms with Gasteiger partial charge >= 0.3 is 0 Å². The molecule has 0 spiro atoms. The number of rotatable bonds is 8. The normalized spacial score (nSPS) is 21.1. The van der Waals surface area contributed by atoms with Crippen LogP contribution >= 0.6 is 0 Å². The van der Waals surface area contributed by atoms with Gasteiger partial charge in [-0.15, -0.1) is 0 Å². The van der Waals surface area contributed by atoms with Crippen LogP contribution in [-0.4, -0.2) is 43.9 Å². The first-order chi connectivity index (χ1) is 11.3. The summed E-state index contributed by atoms with van der Waals surface area (Å²) in [5, 5.41) is 12.6. The number of aliphatic hydroxyl groups excluding tert-OH is 1. The zero-order valence-electron chi connectivity index (χ0n) is 13.6. The molecule has 0 aromatic carbocycles. The second-order valence-electron chi connectivity index (χ2n) is 6.01. The molecule has 0 amide bonds. The highest BCUT2D eigenvalue weighted by atomic mass is 16.5. The van der Waals surface area contributed by atoms with E-state index in [-0.39, 0.29) is 18.9 Å². The summed E-state index contributed by atoms with van der Waals surface area (Å²) in [6.45, 7) is 3.16. The van der Waals surface area contributed by atoms with Crippen molar-refractivity contribution >= 4 is 17.0 Å². The largest absolute Gasteiger partial charge is 0.394 e. The van der Waals surface area contributed by atoms with Gasteiger partial charge in [-0.25, -0.2) is 15.0 Å². The van der Waals surface area contributed by atoms with Crippen molar-refractivity contribution in [3.63, 3.8) is 0 Å². The minimum absolute atomic E-state index is 0.0582. The Morgan fingerprint density at radius 2 is 2.17 bits per heavy atom. The third kappa shape index (κ3) is 3.61. The van der Waals surface area contributed by atoms with E-state index in [9.17, 15) is 5.11 Å². The first-order valence-electron chi connectivity index (χ1n) is 8.51. The zero-order valence-corrected chi connectivity index (χ0v) is 13.6. The highest BCUT2D eigenvalue weighted by Crippen LogP contribution is 2.31. The summed E-state index contributed by atoms with van der Waals surface area (Å²) in [6, 6.07) is 0. The lowest BCUT2D eigenvalue weighted by Gasteiger charge is -2.14. The standard InChI is InChI=1S/C16H25N5O2/c1-2-3-4-5-8-17-15-14-16(19-10-18-15)21(11-20-14)13-7-6-12(9-22)23-13/h10-13,22H,2-9H2,1H3,(H,17,18,19). The molecule has 2 aromatic rings. The van der Waals surface area contributed by atoms with E-state index in [0.29, 0.717) is 0 Å². The fourth-order valence-electron chi connectivity index (χ4n) is 2.98. The molecule has 2 unspecified atom stereocenters. The molecule has 1 aliphatic heterocycles. The third-order valence-corrected chi connectivity index (χ3v) is 4.28. The van der Waals surface area contributed by atoms with Crippen molar-refractivity contribution in [1.29, 1.82) is 0 Å². The highest BCUT2D eigenvalue weighted by molar-refractivity contribution is 5.82. The number of unbranched alkanes of at least 4 members (excludes halogenated alkanes) is 3. The monoisotopic (exact) mass is 319 g/mol. The maximum Gasteiger partial charge on any atom is 0.167 e. The summed E-state index contributed by atoms with van der Waals surface area (Å²) in [5.74, 6) is 0.780. The Morgan fingerprint density at radius 1 is 1.26 bits per heavy atom. The van der Waals surface area contributed by atoms with Crippen molar-refractivity contribution < 1.29 is 9.84 Å². The first kappa shape index (κ1) is 16.1. The average Bonchev–Trinajstić information content (AvgIpc) is 3.21. The lowest BCUT2D eigenvalue weighted by atomic mass is 10.2. The molecule has 2 aromatic heterocycles. The van der Waals surface area contributed by atoms with Gasteiger partial charge in [-0.05, 0) is 19.3 Å². The molecule has 0 saturated carbocycles. The fraction of sp³-hybridized carbons (Fsp3) is 0.688. The highest BCUT2D eigenvalue weighted by Gasteiger charge is 2.27. The Hall–Kier alpha value is -1.73. The van der Waals surface area contributed by atoms with Crippen molar-refractivity contribution in [1.82, 2.24) is 19.5 Å². The Balaban J connectivity index is 1.70. The number of nitrogens with one attached hydrogen (secondary N) is 1. The molecule has 1 fully saturated rings. The van der Waals surface area contributed by atoms with Crippen LogP contribution in [0.15, 0.2) is 12.7 Å². The molecule has 1 saturated heterocycles. The van der Waals surface area contributed by atoms with Gasteiger partial charge in [-0.3, -0.25) is 4.57 Å². The second kappa shape index (κ2) is 7.70.